The monoisotopic (exact) mass is 472 g/mol. The van der Waals surface area contributed by atoms with E-state index in [1.165, 1.54) is 4.90 Å². The van der Waals surface area contributed by atoms with E-state index in [-0.39, 0.29) is 23.5 Å². The molecule has 2 aliphatic heterocycles. The molecule has 2 atom stereocenters. The molecule has 0 radical (unpaired) electrons. The van der Waals surface area contributed by atoms with E-state index in [9.17, 15) is 14.7 Å². The number of nitrogens with one attached hydrogen (secondary N) is 1. The fourth-order valence-corrected chi connectivity index (χ4v) is 7.93. The summed E-state index contributed by atoms with van der Waals surface area (Å²) < 4.78 is 0. The van der Waals surface area contributed by atoms with Crippen molar-refractivity contribution in [3.8, 4) is 0 Å². The number of amides is 2. The number of benzene rings is 1. The van der Waals surface area contributed by atoms with Crippen LogP contribution in [-0.2, 0) is 9.63 Å². The third-order valence-corrected chi connectivity index (χ3v) is 11.4. The summed E-state index contributed by atoms with van der Waals surface area (Å²) in [5.74, 6) is 0.0568. The van der Waals surface area contributed by atoms with E-state index in [0.29, 0.717) is 0 Å². The molecule has 1 aromatic rings. The first-order valence-corrected chi connectivity index (χ1v) is 15.1. The van der Waals surface area contributed by atoms with Gasteiger partial charge in [-0.2, -0.15) is 0 Å². The third-order valence-electron chi connectivity index (χ3n) is 7.83. The summed E-state index contributed by atoms with van der Waals surface area (Å²) in [6, 6.07) is 9.92. The molecule has 0 bridgehead atoms. The van der Waals surface area contributed by atoms with Crippen molar-refractivity contribution >= 4 is 20.1 Å². The van der Waals surface area contributed by atoms with Gasteiger partial charge in [0.05, 0.1) is 39.0 Å². The molecule has 3 aliphatic rings. The molecular formula is C24H36N4O4Si. The van der Waals surface area contributed by atoms with Gasteiger partial charge in [-0.1, -0.05) is 55.1 Å². The van der Waals surface area contributed by atoms with E-state index >= 15 is 0 Å². The van der Waals surface area contributed by atoms with Gasteiger partial charge in [0, 0.05) is 10.6 Å². The number of hydrogen-bond acceptors (Lipinski definition) is 5. The fraction of sp³-hybridized carbons (Fsp3) is 0.583. The molecule has 2 unspecified atom stereocenters. The lowest BCUT2D eigenvalue weighted by atomic mass is 9.97. The Balaban J connectivity index is 1.76. The SMILES string of the molecule is CON1C(NC(=O)C2([Si](C)(C)C)CC2)C2=C(N1C(C)c1ccccc1)C(C)(C)N(C(=O)O)C2. The summed E-state index contributed by atoms with van der Waals surface area (Å²) >= 11 is 0. The molecule has 33 heavy (non-hydrogen) atoms. The number of nitrogens with zero attached hydrogens (tertiary/aromatic N) is 3. The number of hydroxylamine groups is 1. The first-order valence-electron chi connectivity index (χ1n) is 11.6. The maximum absolute atomic E-state index is 13.6. The van der Waals surface area contributed by atoms with Crippen LogP contribution < -0.4 is 5.32 Å². The summed E-state index contributed by atoms with van der Waals surface area (Å²) in [6.45, 7) is 12.8. The van der Waals surface area contributed by atoms with Crippen molar-refractivity contribution in [3.05, 3.63) is 47.2 Å². The molecule has 1 aliphatic carbocycles. The molecule has 4 rings (SSSR count). The smallest absolute Gasteiger partial charge is 0.408 e. The van der Waals surface area contributed by atoms with Gasteiger partial charge >= 0.3 is 6.09 Å². The van der Waals surface area contributed by atoms with E-state index in [0.717, 1.165) is 29.7 Å². The Hall–Kier alpha value is -2.36. The summed E-state index contributed by atoms with van der Waals surface area (Å²) in [4.78, 5) is 33.0. The van der Waals surface area contributed by atoms with Crippen LogP contribution in [0.3, 0.4) is 0 Å². The molecule has 1 aromatic carbocycles. The number of hydrogen-bond donors (Lipinski definition) is 2. The Bertz CT molecular complexity index is 984. The Morgan fingerprint density at radius 1 is 1.18 bits per heavy atom. The number of rotatable bonds is 6. The van der Waals surface area contributed by atoms with Crippen LogP contribution in [0.5, 0.6) is 0 Å². The molecule has 2 heterocycles. The average Bonchev–Trinajstić information content (AvgIpc) is 3.45. The van der Waals surface area contributed by atoms with E-state index in [1.54, 1.807) is 12.3 Å². The average molecular weight is 473 g/mol. The molecule has 1 fully saturated rings. The van der Waals surface area contributed by atoms with Gasteiger partial charge in [0.15, 0.2) is 6.17 Å². The highest BCUT2D eigenvalue weighted by molar-refractivity contribution is 6.83. The second-order valence-electron chi connectivity index (χ2n) is 10.9. The quantitative estimate of drug-likeness (QED) is 0.604. The van der Waals surface area contributed by atoms with Gasteiger partial charge in [-0.3, -0.25) is 19.5 Å². The molecule has 8 nitrogen and oxygen atoms in total. The first-order chi connectivity index (χ1) is 15.4. The molecule has 2 N–H and O–H groups in total. The van der Waals surface area contributed by atoms with Crippen molar-refractivity contribution in [2.45, 2.75) is 76.0 Å². The summed E-state index contributed by atoms with van der Waals surface area (Å²) in [5, 5.41) is 16.7. The summed E-state index contributed by atoms with van der Waals surface area (Å²) in [7, 11) is -0.135. The van der Waals surface area contributed by atoms with E-state index in [4.69, 9.17) is 4.84 Å². The maximum atomic E-state index is 13.6. The fourth-order valence-electron chi connectivity index (χ4n) is 5.55. The topological polar surface area (TPSA) is 85.4 Å². The van der Waals surface area contributed by atoms with E-state index < -0.39 is 25.9 Å². The molecule has 0 aromatic heterocycles. The van der Waals surface area contributed by atoms with E-state index in [2.05, 4.69) is 31.9 Å². The molecule has 0 spiro atoms. The predicted octanol–water partition coefficient (Wildman–Crippen LogP) is 4.18. The van der Waals surface area contributed by atoms with Gasteiger partial charge in [0.25, 0.3) is 0 Å². The van der Waals surface area contributed by atoms with Gasteiger partial charge in [0.1, 0.15) is 0 Å². The number of carbonyl (C=O) groups is 2. The van der Waals surface area contributed by atoms with Crippen molar-refractivity contribution in [1.29, 1.82) is 0 Å². The second kappa shape index (κ2) is 7.85. The Morgan fingerprint density at radius 3 is 2.27 bits per heavy atom. The summed E-state index contributed by atoms with van der Waals surface area (Å²) in [5.41, 5.74) is 2.03. The molecule has 9 heteroatoms. The standard InChI is InChI=1S/C24H36N4O4Si/c1-16(17-11-9-8-10-12-17)27-19-18(15-26(22(30)31)23(19,2)3)20(28(27)32-4)25-21(29)24(13-14-24)33(5,6)7/h8-12,16,20H,13-15H2,1-7H3,(H,25,29)(H,30,31). The van der Waals surface area contributed by atoms with Crippen LogP contribution >= 0.6 is 0 Å². The molecule has 180 valence electrons. The number of hydrazine groups is 1. The zero-order valence-corrected chi connectivity index (χ0v) is 21.7. The Morgan fingerprint density at radius 2 is 1.79 bits per heavy atom. The minimum atomic E-state index is -1.73. The normalized spacial score (nSPS) is 24.6. The van der Waals surface area contributed by atoms with E-state index in [1.807, 2.05) is 49.2 Å². The minimum Gasteiger partial charge on any atom is -0.465 e. The van der Waals surface area contributed by atoms with Crippen LogP contribution in [0.4, 0.5) is 4.79 Å². The van der Waals surface area contributed by atoms with Crippen LogP contribution in [0, 0.1) is 0 Å². The lowest BCUT2D eigenvalue weighted by Gasteiger charge is -2.44. The Kier molecular flexibility index (Phi) is 5.66. The lowest BCUT2D eigenvalue weighted by Crippen LogP contribution is -2.58. The highest BCUT2D eigenvalue weighted by Crippen LogP contribution is 2.61. The van der Waals surface area contributed by atoms with Gasteiger partial charge in [-0.05, 0) is 39.2 Å². The van der Waals surface area contributed by atoms with Gasteiger partial charge in [-0.25, -0.2) is 4.79 Å². The first kappa shape index (κ1) is 23.8. The van der Waals surface area contributed by atoms with Crippen molar-refractivity contribution in [3.63, 3.8) is 0 Å². The minimum absolute atomic E-state index is 0.0568. The predicted molar refractivity (Wildman–Crippen MR) is 129 cm³/mol. The van der Waals surface area contributed by atoms with Crippen LogP contribution in [0.2, 0.25) is 24.7 Å². The maximum Gasteiger partial charge on any atom is 0.408 e. The highest BCUT2D eigenvalue weighted by atomic mass is 28.3. The largest absolute Gasteiger partial charge is 0.465 e. The van der Waals surface area contributed by atoms with Gasteiger partial charge in [0.2, 0.25) is 5.91 Å². The van der Waals surface area contributed by atoms with Crippen molar-refractivity contribution in [2.24, 2.45) is 0 Å². The number of carbonyl (C=O) groups excluding carboxylic acids is 1. The summed E-state index contributed by atoms with van der Waals surface area (Å²) in [6.07, 6.45) is 0.297. The van der Waals surface area contributed by atoms with Crippen molar-refractivity contribution in [1.82, 2.24) is 20.4 Å². The van der Waals surface area contributed by atoms with Crippen molar-refractivity contribution in [2.75, 3.05) is 13.7 Å². The zero-order chi connectivity index (χ0) is 24.3. The molecular weight excluding hydrogens is 436 g/mol. The van der Waals surface area contributed by atoms with Gasteiger partial charge < -0.3 is 10.4 Å². The molecule has 0 saturated heterocycles. The van der Waals surface area contributed by atoms with Crippen LogP contribution in [0.15, 0.2) is 41.6 Å². The highest BCUT2D eigenvalue weighted by Gasteiger charge is 2.61. The number of carboxylic acid groups (broad SMARTS) is 1. The van der Waals surface area contributed by atoms with Crippen LogP contribution in [-0.4, -0.2) is 65.6 Å². The Labute approximate surface area is 197 Å². The molecule has 1 saturated carbocycles. The lowest BCUT2D eigenvalue weighted by molar-refractivity contribution is -0.280. The third kappa shape index (κ3) is 3.57. The van der Waals surface area contributed by atoms with Crippen LogP contribution in [0.1, 0.15) is 45.2 Å². The van der Waals surface area contributed by atoms with Gasteiger partial charge in [-0.15, -0.1) is 0 Å². The zero-order valence-electron chi connectivity index (χ0n) is 20.7. The van der Waals surface area contributed by atoms with Crippen molar-refractivity contribution < 1.29 is 19.5 Å². The van der Waals surface area contributed by atoms with Crippen LogP contribution in [0.25, 0.3) is 0 Å². The second-order valence-corrected chi connectivity index (χ2v) is 16.4. The molecule has 2 amide bonds.